The third-order valence-electron chi connectivity index (χ3n) is 17.0. The molecule has 0 atom stereocenters. The van der Waals surface area contributed by atoms with E-state index in [0.29, 0.717) is 77.8 Å². The smallest absolute Gasteiger partial charge is 0.401 e. The number of anilines is 6. The maximum absolute atomic E-state index is 14.3. The lowest BCUT2D eigenvalue weighted by Crippen LogP contribution is -2.31. The van der Waals surface area contributed by atoms with Crippen LogP contribution in [0.25, 0.3) is 66.9 Å². The molecular weight excluding hydrogens is 1370 g/mol. The van der Waals surface area contributed by atoms with Crippen LogP contribution in [0.3, 0.4) is 0 Å². The first-order chi connectivity index (χ1) is 50.4. The second-order valence-corrected chi connectivity index (χ2v) is 24.4. The molecule has 13 rings (SSSR count). The summed E-state index contributed by atoms with van der Waals surface area (Å²) in [5.41, 5.74) is 16.8. The zero-order chi connectivity index (χ0) is 73.3. The number of hydrogen-bond acceptors (Lipinski definition) is 20. The Balaban J connectivity index is 0.000000200. The van der Waals surface area contributed by atoms with Crippen LogP contribution in [0.2, 0.25) is 0 Å². The number of halogens is 4. The Kier molecular flexibility index (Phi) is 28.6. The SMILES string of the molecule is C.C.C.CCN(CC)Cc1cc(OC)cc(N(CCCO)c2ccc3ncc(-c4cnn(C)c4)nc3c2)c1.COc1cc(F)cc(N(CCCNCC(F)(F)F)c2ccc3ncc(-c4cnn(C)c4)nc3c2)c1.COc1cc(OC)cc(N(Cc2cccnc2)c2ccc3ncc(-c4cnn(C)c4)nc3c2)c1. The molecule has 0 aliphatic rings. The van der Waals surface area contributed by atoms with Crippen LogP contribution in [0.4, 0.5) is 51.7 Å². The van der Waals surface area contributed by atoms with Crippen LogP contribution in [-0.2, 0) is 34.2 Å². The normalized spacial score (nSPS) is 11.0. The van der Waals surface area contributed by atoms with Crippen molar-refractivity contribution in [3.63, 3.8) is 0 Å². The van der Waals surface area contributed by atoms with Crippen molar-refractivity contribution in [2.24, 2.45) is 21.1 Å². The van der Waals surface area contributed by atoms with Crippen molar-refractivity contribution >= 4 is 67.2 Å². The summed E-state index contributed by atoms with van der Waals surface area (Å²) >= 11 is 0. The van der Waals surface area contributed by atoms with E-state index in [1.807, 2.05) is 118 Å². The summed E-state index contributed by atoms with van der Waals surface area (Å²) in [6.45, 7) is 7.96. The number of aliphatic hydroxyl groups is 1. The molecule has 0 saturated heterocycles. The van der Waals surface area contributed by atoms with Crippen molar-refractivity contribution in [2.75, 3.05) is 89.0 Å². The first-order valence-electron chi connectivity index (χ1n) is 33.7. The van der Waals surface area contributed by atoms with Gasteiger partial charge in [-0.05, 0) is 122 Å². The molecule has 562 valence electrons. The number of aryl methyl sites for hydroxylation is 3. The van der Waals surface area contributed by atoms with Gasteiger partial charge in [-0.3, -0.25) is 38.9 Å². The number of rotatable bonds is 27. The third kappa shape index (κ3) is 21.3. The van der Waals surface area contributed by atoms with Crippen molar-refractivity contribution in [1.29, 1.82) is 0 Å². The van der Waals surface area contributed by atoms with Crippen LogP contribution >= 0.6 is 0 Å². The van der Waals surface area contributed by atoms with Gasteiger partial charge in [0.1, 0.15) is 28.8 Å². The van der Waals surface area contributed by atoms with Gasteiger partial charge in [0.05, 0.1) is 122 Å². The number of aromatic nitrogens is 13. The number of methoxy groups -OCH3 is 4. The predicted octanol–water partition coefficient (Wildman–Crippen LogP) is 15.9. The van der Waals surface area contributed by atoms with E-state index in [2.05, 4.69) is 99.4 Å². The molecule has 0 radical (unpaired) electrons. The minimum absolute atomic E-state index is 0. The molecule has 0 aliphatic carbocycles. The van der Waals surface area contributed by atoms with E-state index in [1.165, 1.54) is 24.8 Å². The van der Waals surface area contributed by atoms with Gasteiger partial charge < -0.3 is 44.1 Å². The highest BCUT2D eigenvalue weighted by atomic mass is 19.4. The lowest BCUT2D eigenvalue weighted by Gasteiger charge is -2.27. The van der Waals surface area contributed by atoms with Crippen LogP contribution in [-0.4, -0.2) is 155 Å². The Bertz CT molecular complexity index is 4970. The lowest BCUT2D eigenvalue weighted by atomic mass is 10.1. The number of pyridine rings is 1. The molecule has 0 fully saturated rings. The van der Waals surface area contributed by atoms with Gasteiger partial charge in [0.25, 0.3) is 0 Å². The van der Waals surface area contributed by atoms with Gasteiger partial charge >= 0.3 is 6.18 Å². The topological polar surface area (TPSA) is 226 Å². The summed E-state index contributed by atoms with van der Waals surface area (Å²) in [4.78, 5) is 41.0. The number of alkyl halides is 3. The molecule has 0 spiro atoms. The summed E-state index contributed by atoms with van der Waals surface area (Å²) < 4.78 is 78.7. The van der Waals surface area contributed by atoms with Gasteiger partial charge in [0, 0.05) is 172 Å². The quantitative estimate of drug-likeness (QED) is 0.0360. The standard InChI is InChI=1S/C27H34N6O2.C26H24N6O2.C24H24F4N6O.3CH4/c1-5-32(6-2)18-20-12-23(14-24(13-20)35-4)33(10-7-11-34)22-8-9-25-26(15-22)30-27(17-28-25)21-16-29-31(3)19-21;1-31-17-19(14-29-31)26-15-28-24-7-6-20(11-25(24)30-26)32(16-18-5-4-8-27-13-18)21-9-22(33-2)12-23(10-21)34-3;1-33-14-16(12-31-33)23-13-30-21-5-4-18(11-22(21)32-23)34(7-3-6-29-15-24(26,27)28)19-8-17(25)9-20(10-19)35-2;;;/h8-9,12-17,19,34H,5-7,10-11,18H2,1-4H3;4-15,17H,16H2,1-3H3;4-5,8-14,29H,3,6-7,15H2,1-2H3;3*1H4. The Hall–Kier alpha value is -11.7. The van der Waals surface area contributed by atoms with Crippen molar-refractivity contribution in [2.45, 2.75) is 68.2 Å². The van der Waals surface area contributed by atoms with E-state index in [1.54, 1.807) is 90.9 Å². The minimum Gasteiger partial charge on any atom is -0.497 e. The molecule has 6 aromatic carbocycles. The molecule has 7 heterocycles. The summed E-state index contributed by atoms with van der Waals surface area (Å²) in [5, 5.41) is 24.7. The highest BCUT2D eigenvalue weighted by Gasteiger charge is 2.26. The van der Waals surface area contributed by atoms with Crippen LogP contribution in [0.1, 0.15) is 60.1 Å². The summed E-state index contributed by atoms with van der Waals surface area (Å²) in [5.74, 6) is 2.09. The molecule has 13 aromatic rings. The average Bonchev–Trinajstić information content (AvgIpc) is 1.38. The van der Waals surface area contributed by atoms with Crippen molar-refractivity contribution in [3.8, 4) is 56.8 Å². The Morgan fingerprint density at radius 2 is 0.888 bits per heavy atom. The molecule has 107 heavy (non-hydrogen) atoms. The molecule has 0 saturated carbocycles. The number of nitrogens with one attached hydrogen (secondary N) is 1. The fourth-order valence-electron chi connectivity index (χ4n) is 11.7. The van der Waals surface area contributed by atoms with Crippen LogP contribution in [0.15, 0.2) is 189 Å². The number of aliphatic hydroxyl groups excluding tert-OH is 1. The van der Waals surface area contributed by atoms with Crippen LogP contribution in [0, 0.1) is 5.82 Å². The van der Waals surface area contributed by atoms with Gasteiger partial charge in [-0.2, -0.15) is 28.5 Å². The predicted molar refractivity (Wildman–Crippen MR) is 417 cm³/mol. The minimum atomic E-state index is -4.28. The van der Waals surface area contributed by atoms with Crippen molar-refractivity contribution in [3.05, 3.63) is 206 Å². The summed E-state index contributed by atoms with van der Waals surface area (Å²) in [6, 6.07) is 38.1. The molecule has 0 aliphatic heterocycles. The monoisotopic (exact) mass is 1460 g/mol. The molecular formula is C80H94F4N18O5. The van der Waals surface area contributed by atoms with Crippen LogP contribution in [0.5, 0.6) is 23.0 Å². The zero-order valence-corrected chi connectivity index (χ0v) is 59.4. The van der Waals surface area contributed by atoms with E-state index in [0.717, 1.165) is 104 Å². The van der Waals surface area contributed by atoms with E-state index >= 15 is 0 Å². The Labute approximate surface area is 622 Å². The second-order valence-electron chi connectivity index (χ2n) is 24.4. The fraction of sp³-hybridized carbons (Fsp3) is 0.300. The second kappa shape index (κ2) is 37.8. The number of ether oxygens (including phenoxy) is 4. The van der Waals surface area contributed by atoms with Gasteiger partial charge in [-0.25, -0.2) is 19.3 Å². The molecule has 0 unspecified atom stereocenters. The Morgan fingerprint density at radius 1 is 0.458 bits per heavy atom. The summed E-state index contributed by atoms with van der Waals surface area (Å²) in [6.07, 6.45) is 16.6. The number of fused-ring (bicyclic) bond motifs is 3. The van der Waals surface area contributed by atoms with Gasteiger partial charge in [0.2, 0.25) is 0 Å². The van der Waals surface area contributed by atoms with E-state index in [4.69, 9.17) is 33.9 Å². The number of benzene rings is 6. The first kappa shape index (κ1) is 81.0. The summed E-state index contributed by atoms with van der Waals surface area (Å²) in [7, 11) is 12.0. The van der Waals surface area contributed by atoms with Gasteiger partial charge in [-0.1, -0.05) is 42.2 Å². The average molecular weight is 1460 g/mol. The molecule has 7 aromatic heterocycles. The third-order valence-corrected chi connectivity index (χ3v) is 17.0. The van der Waals surface area contributed by atoms with Gasteiger partial charge in [0.15, 0.2) is 0 Å². The molecule has 0 amide bonds. The Morgan fingerprint density at radius 3 is 1.30 bits per heavy atom. The van der Waals surface area contributed by atoms with Crippen LogP contribution < -0.4 is 39.0 Å². The highest BCUT2D eigenvalue weighted by Crippen LogP contribution is 2.38. The lowest BCUT2D eigenvalue weighted by molar-refractivity contribution is -0.124. The van der Waals surface area contributed by atoms with Crippen molar-refractivity contribution < 1.29 is 41.6 Å². The fourth-order valence-corrected chi connectivity index (χ4v) is 11.7. The molecule has 27 heteroatoms. The first-order valence-corrected chi connectivity index (χ1v) is 33.7. The van der Waals surface area contributed by atoms with E-state index in [-0.39, 0.29) is 35.4 Å². The number of hydrogen-bond donors (Lipinski definition) is 2. The maximum atomic E-state index is 14.3. The number of nitrogens with zero attached hydrogens (tertiary/aromatic N) is 17. The van der Waals surface area contributed by atoms with Gasteiger partial charge in [-0.15, -0.1) is 0 Å². The maximum Gasteiger partial charge on any atom is 0.401 e. The van der Waals surface area contributed by atoms with Crippen molar-refractivity contribution in [1.82, 2.24) is 74.4 Å². The molecule has 2 N–H and O–H groups in total. The van der Waals surface area contributed by atoms with E-state index in [9.17, 15) is 22.7 Å². The zero-order valence-electron chi connectivity index (χ0n) is 59.4. The largest absolute Gasteiger partial charge is 0.497 e. The van der Waals surface area contributed by atoms with E-state index < -0.39 is 18.5 Å². The molecule has 23 nitrogen and oxygen atoms in total. The highest BCUT2D eigenvalue weighted by molar-refractivity contribution is 5.85. The molecule has 0 bridgehead atoms.